The Morgan fingerprint density at radius 2 is 2.09 bits per heavy atom. The third-order valence-corrected chi connectivity index (χ3v) is 3.01. The summed E-state index contributed by atoms with van der Waals surface area (Å²) in [5, 5.41) is 21.2. The normalized spacial score (nSPS) is 13.1. The molecule has 1 aromatic heterocycles. The first kappa shape index (κ1) is 16.0. The van der Waals surface area contributed by atoms with Crippen LogP contribution in [-0.4, -0.2) is 33.8 Å². The van der Waals surface area contributed by atoms with Gasteiger partial charge in [0.15, 0.2) is 0 Å². The Morgan fingerprint density at radius 3 is 2.64 bits per heavy atom. The number of carbonyl (C=O) groups is 1. The predicted molar refractivity (Wildman–Crippen MR) is 73.9 cm³/mol. The average Bonchev–Trinajstić information content (AvgIpc) is 2.42. The lowest BCUT2D eigenvalue weighted by atomic mass is 10.0. The summed E-state index contributed by atoms with van der Waals surface area (Å²) in [6.45, 7) is 1.47. The van der Waals surface area contributed by atoms with Crippen molar-refractivity contribution in [2.24, 2.45) is 0 Å². The highest BCUT2D eigenvalue weighted by Gasteiger charge is 2.33. The van der Waals surface area contributed by atoms with Gasteiger partial charge in [0, 0.05) is 18.1 Å². The minimum atomic E-state index is -4.60. The van der Waals surface area contributed by atoms with Crippen molar-refractivity contribution in [2.75, 3.05) is 11.9 Å². The summed E-state index contributed by atoms with van der Waals surface area (Å²) in [6.07, 6.45) is -4.51. The van der Waals surface area contributed by atoms with Crippen molar-refractivity contribution in [1.82, 2.24) is 4.98 Å². The molecule has 0 spiro atoms. The summed E-state index contributed by atoms with van der Waals surface area (Å²) >= 11 is 0. The Labute approximate surface area is 123 Å². The topological polar surface area (TPSA) is 82.5 Å². The summed E-state index contributed by atoms with van der Waals surface area (Å²) < 4.78 is 39.0. The zero-order valence-corrected chi connectivity index (χ0v) is 11.5. The van der Waals surface area contributed by atoms with Crippen molar-refractivity contribution in [1.29, 1.82) is 0 Å². The highest BCUT2D eigenvalue weighted by atomic mass is 19.4. The maximum Gasteiger partial charge on any atom is 0.418 e. The van der Waals surface area contributed by atoms with E-state index < -0.39 is 23.8 Å². The molecule has 2 rings (SSSR count). The largest absolute Gasteiger partial charge is 0.478 e. The first-order valence-corrected chi connectivity index (χ1v) is 6.36. The number of anilines is 1. The quantitative estimate of drug-likeness (QED) is 0.808. The molecular formula is C14H13F3N2O3. The van der Waals surface area contributed by atoms with Gasteiger partial charge in [0.1, 0.15) is 5.56 Å². The number of aliphatic hydroxyl groups is 1. The fourth-order valence-corrected chi connectivity index (χ4v) is 2.05. The molecule has 1 heterocycles. The molecule has 22 heavy (non-hydrogen) atoms. The number of para-hydroxylation sites is 1. The van der Waals surface area contributed by atoms with Crippen LogP contribution < -0.4 is 5.32 Å². The fraction of sp³-hybridized carbons (Fsp3) is 0.286. The van der Waals surface area contributed by atoms with E-state index in [1.807, 2.05) is 0 Å². The molecule has 0 fully saturated rings. The van der Waals surface area contributed by atoms with Crippen LogP contribution >= 0.6 is 0 Å². The van der Waals surface area contributed by atoms with Crippen LogP contribution in [0.3, 0.4) is 0 Å². The number of fused-ring (bicyclic) bond motifs is 1. The van der Waals surface area contributed by atoms with E-state index in [0.29, 0.717) is 0 Å². The maximum absolute atomic E-state index is 13.0. The number of hydrogen-bond acceptors (Lipinski definition) is 4. The van der Waals surface area contributed by atoms with Crippen LogP contribution in [0.4, 0.5) is 18.9 Å². The van der Waals surface area contributed by atoms with Crippen LogP contribution in [0.2, 0.25) is 0 Å². The number of halogens is 3. The van der Waals surface area contributed by atoms with Crippen LogP contribution in [-0.2, 0) is 6.18 Å². The van der Waals surface area contributed by atoms with Crippen molar-refractivity contribution >= 4 is 22.6 Å². The number of nitrogens with one attached hydrogen (secondary N) is 1. The smallest absolute Gasteiger partial charge is 0.418 e. The molecule has 1 aromatic carbocycles. The van der Waals surface area contributed by atoms with Gasteiger partial charge in [0.2, 0.25) is 0 Å². The number of aliphatic hydroxyl groups excluding tert-OH is 1. The molecule has 0 bridgehead atoms. The minimum Gasteiger partial charge on any atom is -0.478 e. The number of aromatic carboxylic acids is 1. The first-order chi connectivity index (χ1) is 10.2. The number of benzene rings is 1. The van der Waals surface area contributed by atoms with Gasteiger partial charge in [0.05, 0.1) is 22.9 Å². The Morgan fingerprint density at radius 1 is 1.41 bits per heavy atom. The van der Waals surface area contributed by atoms with E-state index in [1.54, 1.807) is 0 Å². The van der Waals surface area contributed by atoms with Gasteiger partial charge in [-0.1, -0.05) is 12.1 Å². The van der Waals surface area contributed by atoms with Crippen LogP contribution in [0, 0.1) is 0 Å². The molecule has 2 aromatic rings. The molecule has 0 amide bonds. The molecule has 5 nitrogen and oxygen atoms in total. The molecule has 8 heteroatoms. The molecular weight excluding hydrogens is 301 g/mol. The lowest BCUT2D eigenvalue weighted by molar-refractivity contribution is -0.136. The van der Waals surface area contributed by atoms with E-state index in [0.717, 1.165) is 12.3 Å². The minimum absolute atomic E-state index is 0.00417. The predicted octanol–water partition coefficient (Wildman–Crippen LogP) is 2.74. The third-order valence-electron chi connectivity index (χ3n) is 3.01. The standard InChI is InChI=1S/C14H13F3N2O3/c1-7(20)5-18-11-8-3-2-4-10(14(15,16)17)12(8)19-6-9(11)13(21)22/h2-4,6-7,20H,5H2,1H3,(H,18,19)(H,21,22). The van der Waals surface area contributed by atoms with Gasteiger partial charge >= 0.3 is 12.1 Å². The Kier molecular flexibility index (Phi) is 4.23. The van der Waals surface area contributed by atoms with E-state index in [-0.39, 0.29) is 28.7 Å². The van der Waals surface area contributed by atoms with Crippen LogP contribution in [0.1, 0.15) is 22.8 Å². The second-order valence-electron chi connectivity index (χ2n) is 4.78. The van der Waals surface area contributed by atoms with Crippen molar-refractivity contribution in [3.8, 4) is 0 Å². The number of alkyl halides is 3. The Hall–Kier alpha value is -2.35. The second kappa shape index (κ2) is 5.80. The van der Waals surface area contributed by atoms with Crippen molar-refractivity contribution in [3.63, 3.8) is 0 Å². The van der Waals surface area contributed by atoms with Gasteiger partial charge in [-0.3, -0.25) is 4.98 Å². The lowest BCUT2D eigenvalue weighted by Gasteiger charge is -2.16. The van der Waals surface area contributed by atoms with Crippen molar-refractivity contribution in [3.05, 3.63) is 35.5 Å². The van der Waals surface area contributed by atoms with Crippen molar-refractivity contribution < 1.29 is 28.2 Å². The van der Waals surface area contributed by atoms with Gasteiger partial charge in [0.25, 0.3) is 0 Å². The summed E-state index contributed by atoms with van der Waals surface area (Å²) in [6, 6.07) is 3.43. The zero-order chi connectivity index (χ0) is 16.5. The third kappa shape index (κ3) is 3.11. The van der Waals surface area contributed by atoms with Gasteiger partial charge in [-0.25, -0.2) is 4.79 Å². The lowest BCUT2D eigenvalue weighted by Crippen LogP contribution is -2.18. The number of carboxylic acid groups (broad SMARTS) is 1. The summed E-state index contributed by atoms with van der Waals surface area (Å²) in [5.41, 5.74) is -1.54. The molecule has 3 N–H and O–H groups in total. The van der Waals surface area contributed by atoms with Gasteiger partial charge < -0.3 is 15.5 Å². The second-order valence-corrected chi connectivity index (χ2v) is 4.78. The summed E-state index contributed by atoms with van der Waals surface area (Å²) in [7, 11) is 0. The molecule has 1 unspecified atom stereocenters. The first-order valence-electron chi connectivity index (χ1n) is 6.36. The highest BCUT2D eigenvalue weighted by molar-refractivity contribution is 6.05. The molecule has 0 radical (unpaired) electrons. The summed E-state index contributed by atoms with van der Waals surface area (Å²) in [4.78, 5) is 14.9. The van der Waals surface area contributed by atoms with E-state index >= 15 is 0 Å². The van der Waals surface area contributed by atoms with Crippen LogP contribution in [0.15, 0.2) is 24.4 Å². The van der Waals surface area contributed by atoms with Crippen molar-refractivity contribution in [2.45, 2.75) is 19.2 Å². The molecule has 0 saturated heterocycles. The molecule has 118 valence electrons. The zero-order valence-electron chi connectivity index (χ0n) is 11.5. The van der Waals surface area contributed by atoms with E-state index in [2.05, 4.69) is 10.3 Å². The Bertz CT molecular complexity index is 714. The average molecular weight is 314 g/mol. The Balaban J connectivity index is 2.71. The number of rotatable bonds is 4. The number of aromatic nitrogens is 1. The van der Waals surface area contributed by atoms with Gasteiger partial charge in [-0.05, 0) is 13.0 Å². The number of nitrogens with zero attached hydrogens (tertiary/aromatic N) is 1. The number of pyridine rings is 1. The van der Waals surface area contributed by atoms with E-state index in [1.165, 1.54) is 19.1 Å². The highest BCUT2D eigenvalue weighted by Crippen LogP contribution is 2.36. The van der Waals surface area contributed by atoms with Crippen LogP contribution in [0.25, 0.3) is 10.9 Å². The molecule has 0 aliphatic rings. The van der Waals surface area contributed by atoms with Gasteiger partial charge in [-0.15, -0.1) is 0 Å². The van der Waals surface area contributed by atoms with E-state index in [4.69, 9.17) is 5.11 Å². The summed E-state index contributed by atoms with van der Waals surface area (Å²) in [5.74, 6) is -1.32. The molecule has 0 aliphatic carbocycles. The molecule has 0 aliphatic heterocycles. The fourth-order valence-electron chi connectivity index (χ4n) is 2.05. The SMILES string of the molecule is CC(O)CNc1c(C(=O)O)cnc2c(C(F)(F)F)cccc12. The maximum atomic E-state index is 13.0. The van der Waals surface area contributed by atoms with E-state index in [9.17, 15) is 23.1 Å². The molecule has 1 atom stereocenters. The monoisotopic (exact) mass is 314 g/mol. The number of carboxylic acids is 1. The van der Waals surface area contributed by atoms with Gasteiger partial charge in [-0.2, -0.15) is 13.2 Å². The molecule has 0 saturated carbocycles. The van der Waals surface area contributed by atoms with Crippen LogP contribution in [0.5, 0.6) is 0 Å². The number of hydrogen-bond donors (Lipinski definition) is 3.